The fourth-order valence-corrected chi connectivity index (χ4v) is 3.65. The van der Waals surface area contributed by atoms with Gasteiger partial charge < -0.3 is 9.84 Å². The first-order valence-electron chi connectivity index (χ1n) is 9.30. The van der Waals surface area contributed by atoms with Gasteiger partial charge in [0.2, 0.25) is 17.6 Å². The first-order chi connectivity index (χ1) is 14.1. The molecule has 1 saturated heterocycles. The largest absolute Gasteiger partial charge is 0.338 e. The van der Waals surface area contributed by atoms with Gasteiger partial charge in [0.25, 0.3) is 0 Å². The third-order valence-corrected chi connectivity index (χ3v) is 5.22. The van der Waals surface area contributed by atoms with Crippen LogP contribution in [0.3, 0.4) is 0 Å². The molecule has 9 heteroatoms. The number of hydrogen-bond donors (Lipinski definition) is 1. The first-order valence-corrected chi connectivity index (χ1v) is 10.1. The third kappa shape index (κ3) is 5.12. The molecule has 1 amide bonds. The molecule has 7 nitrogen and oxygen atoms in total. The normalized spacial score (nSPS) is 17.2. The van der Waals surface area contributed by atoms with Crippen LogP contribution >= 0.6 is 23.2 Å². The van der Waals surface area contributed by atoms with Crippen LogP contribution in [0.15, 0.2) is 47.1 Å². The van der Waals surface area contributed by atoms with Crippen LogP contribution in [-0.4, -0.2) is 39.0 Å². The van der Waals surface area contributed by atoms with E-state index in [0.717, 1.165) is 24.9 Å². The SMILES string of the molecule is O=C(Nc1ccc(Cl)cn1)C1CCCN(Cc2nc(-c3cccc(Cl)c3)no2)C1. The van der Waals surface area contributed by atoms with E-state index in [4.69, 9.17) is 27.7 Å². The minimum absolute atomic E-state index is 0.0466. The zero-order valence-corrected chi connectivity index (χ0v) is 17.0. The van der Waals surface area contributed by atoms with Gasteiger partial charge in [0.15, 0.2) is 0 Å². The number of halogens is 2. The van der Waals surface area contributed by atoms with Gasteiger partial charge in [-0.25, -0.2) is 4.98 Å². The molecule has 1 N–H and O–H groups in total. The summed E-state index contributed by atoms with van der Waals surface area (Å²) in [6.45, 7) is 1.99. The fraction of sp³-hybridized carbons (Fsp3) is 0.300. The first kappa shape index (κ1) is 19.8. The summed E-state index contributed by atoms with van der Waals surface area (Å²) in [5.74, 6) is 1.34. The molecule has 1 aliphatic rings. The van der Waals surface area contributed by atoms with Gasteiger partial charge in [-0.15, -0.1) is 0 Å². The van der Waals surface area contributed by atoms with E-state index in [1.54, 1.807) is 24.3 Å². The lowest BCUT2D eigenvalue weighted by Crippen LogP contribution is -2.40. The van der Waals surface area contributed by atoms with Gasteiger partial charge in [0, 0.05) is 23.3 Å². The summed E-state index contributed by atoms with van der Waals surface area (Å²) in [7, 11) is 0. The Morgan fingerprint density at radius 2 is 2.14 bits per heavy atom. The van der Waals surface area contributed by atoms with Crippen molar-refractivity contribution in [3.8, 4) is 11.4 Å². The maximum absolute atomic E-state index is 12.6. The smallest absolute Gasteiger partial charge is 0.241 e. The van der Waals surface area contributed by atoms with Gasteiger partial charge in [-0.3, -0.25) is 9.69 Å². The Kier molecular flexibility index (Phi) is 6.08. The second-order valence-electron chi connectivity index (χ2n) is 6.95. The summed E-state index contributed by atoms with van der Waals surface area (Å²) in [6.07, 6.45) is 3.26. The molecule has 3 heterocycles. The Balaban J connectivity index is 1.36. The average molecular weight is 432 g/mol. The quantitative estimate of drug-likeness (QED) is 0.648. The summed E-state index contributed by atoms with van der Waals surface area (Å²) in [6, 6.07) is 10.7. The molecule has 0 bridgehead atoms. The Morgan fingerprint density at radius 3 is 2.93 bits per heavy atom. The Hall–Kier alpha value is -2.48. The number of hydrogen-bond acceptors (Lipinski definition) is 6. The minimum Gasteiger partial charge on any atom is -0.338 e. The Morgan fingerprint density at radius 1 is 1.24 bits per heavy atom. The number of carbonyl (C=O) groups excluding carboxylic acids is 1. The van der Waals surface area contributed by atoms with Crippen molar-refractivity contribution in [2.75, 3.05) is 18.4 Å². The summed E-state index contributed by atoms with van der Waals surface area (Å²) in [5.41, 5.74) is 0.805. The van der Waals surface area contributed by atoms with E-state index in [2.05, 4.69) is 25.3 Å². The molecule has 1 unspecified atom stereocenters. The minimum atomic E-state index is -0.128. The summed E-state index contributed by atoms with van der Waals surface area (Å²) >= 11 is 11.9. The van der Waals surface area contributed by atoms with Crippen LogP contribution in [0, 0.1) is 5.92 Å². The predicted octanol–water partition coefficient (Wildman–Crippen LogP) is 4.29. The van der Waals surface area contributed by atoms with Gasteiger partial charge in [0.05, 0.1) is 17.5 Å². The van der Waals surface area contributed by atoms with Gasteiger partial charge in [0.1, 0.15) is 5.82 Å². The van der Waals surface area contributed by atoms with Crippen molar-refractivity contribution in [1.82, 2.24) is 20.0 Å². The van der Waals surface area contributed by atoms with E-state index in [1.165, 1.54) is 6.20 Å². The maximum Gasteiger partial charge on any atom is 0.241 e. The third-order valence-electron chi connectivity index (χ3n) is 4.76. The number of likely N-dealkylation sites (tertiary alicyclic amines) is 1. The lowest BCUT2D eigenvalue weighted by Gasteiger charge is -2.30. The second-order valence-corrected chi connectivity index (χ2v) is 7.82. The summed E-state index contributed by atoms with van der Waals surface area (Å²) in [4.78, 5) is 23.3. The van der Waals surface area contributed by atoms with Gasteiger partial charge in [-0.2, -0.15) is 4.98 Å². The van der Waals surface area contributed by atoms with Gasteiger partial charge in [-0.1, -0.05) is 40.5 Å². The number of nitrogens with one attached hydrogen (secondary N) is 1. The van der Waals surface area contributed by atoms with Crippen molar-refractivity contribution in [1.29, 1.82) is 0 Å². The Bertz CT molecular complexity index is 993. The van der Waals surface area contributed by atoms with Crippen LogP contribution in [-0.2, 0) is 11.3 Å². The van der Waals surface area contributed by atoms with E-state index in [0.29, 0.717) is 40.7 Å². The molecule has 0 radical (unpaired) electrons. The van der Waals surface area contributed by atoms with Crippen molar-refractivity contribution in [3.05, 3.63) is 58.5 Å². The van der Waals surface area contributed by atoms with Crippen LogP contribution < -0.4 is 5.32 Å². The van der Waals surface area contributed by atoms with Crippen LogP contribution in [0.4, 0.5) is 5.82 Å². The van der Waals surface area contributed by atoms with E-state index in [1.807, 2.05) is 12.1 Å². The Labute approximate surface area is 178 Å². The number of carbonyl (C=O) groups is 1. The molecular weight excluding hydrogens is 413 g/mol. The molecule has 0 spiro atoms. The number of amides is 1. The maximum atomic E-state index is 12.6. The molecule has 0 aliphatic carbocycles. The highest BCUT2D eigenvalue weighted by Gasteiger charge is 2.27. The summed E-state index contributed by atoms with van der Waals surface area (Å²) < 4.78 is 5.40. The van der Waals surface area contributed by atoms with Crippen molar-refractivity contribution >= 4 is 34.9 Å². The van der Waals surface area contributed by atoms with Crippen LogP contribution in [0.25, 0.3) is 11.4 Å². The number of rotatable bonds is 5. The standard InChI is InChI=1S/C20H19Cl2N5O2/c21-15-5-1-3-13(9-15)19-25-18(29-26-19)12-27-8-2-4-14(11-27)20(28)24-17-7-6-16(22)10-23-17/h1,3,5-7,9-10,14H,2,4,8,11-12H2,(H,23,24,28). The molecule has 1 atom stereocenters. The molecule has 1 fully saturated rings. The van der Waals surface area contributed by atoms with Crippen LogP contribution in [0.1, 0.15) is 18.7 Å². The molecule has 1 aromatic carbocycles. The topological polar surface area (TPSA) is 84.2 Å². The highest BCUT2D eigenvalue weighted by molar-refractivity contribution is 6.31. The fourth-order valence-electron chi connectivity index (χ4n) is 3.35. The van der Waals surface area contributed by atoms with Crippen molar-refractivity contribution in [2.45, 2.75) is 19.4 Å². The zero-order chi connectivity index (χ0) is 20.2. The number of aromatic nitrogens is 3. The van der Waals surface area contributed by atoms with Gasteiger partial charge in [-0.05, 0) is 43.7 Å². The highest BCUT2D eigenvalue weighted by atomic mass is 35.5. The number of benzene rings is 1. The van der Waals surface area contributed by atoms with E-state index in [-0.39, 0.29) is 11.8 Å². The van der Waals surface area contributed by atoms with E-state index in [9.17, 15) is 4.79 Å². The number of piperidine rings is 1. The summed E-state index contributed by atoms with van der Waals surface area (Å²) in [5, 5.41) is 8.05. The molecule has 1 aliphatic heterocycles. The molecule has 29 heavy (non-hydrogen) atoms. The average Bonchev–Trinajstić information content (AvgIpc) is 3.18. The van der Waals surface area contributed by atoms with Gasteiger partial charge >= 0.3 is 0 Å². The van der Waals surface area contributed by atoms with Crippen molar-refractivity contribution in [2.24, 2.45) is 5.92 Å². The zero-order valence-electron chi connectivity index (χ0n) is 15.5. The monoisotopic (exact) mass is 431 g/mol. The molecule has 3 aromatic rings. The lowest BCUT2D eigenvalue weighted by atomic mass is 9.97. The number of nitrogens with zero attached hydrogens (tertiary/aromatic N) is 4. The molecular formula is C20H19Cl2N5O2. The molecule has 150 valence electrons. The van der Waals surface area contributed by atoms with Crippen LogP contribution in [0.5, 0.6) is 0 Å². The number of pyridine rings is 1. The number of anilines is 1. The van der Waals surface area contributed by atoms with Crippen LogP contribution in [0.2, 0.25) is 10.0 Å². The second kappa shape index (κ2) is 8.90. The lowest BCUT2D eigenvalue weighted by molar-refractivity contribution is -0.121. The highest BCUT2D eigenvalue weighted by Crippen LogP contribution is 2.23. The molecule has 4 rings (SSSR count). The molecule has 0 saturated carbocycles. The van der Waals surface area contributed by atoms with E-state index < -0.39 is 0 Å². The van der Waals surface area contributed by atoms with Crippen molar-refractivity contribution < 1.29 is 9.32 Å². The van der Waals surface area contributed by atoms with E-state index >= 15 is 0 Å². The molecule has 2 aromatic heterocycles. The van der Waals surface area contributed by atoms with Crippen molar-refractivity contribution in [3.63, 3.8) is 0 Å². The predicted molar refractivity (Wildman–Crippen MR) is 111 cm³/mol.